The summed E-state index contributed by atoms with van der Waals surface area (Å²) in [5, 5.41) is 0. The number of nitrogens with zero attached hydrogens (tertiary/aromatic N) is 1. The summed E-state index contributed by atoms with van der Waals surface area (Å²) in [4.78, 5) is 34.9. The minimum absolute atomic E-state index is 0.0169. The number of phosphoric ester groups is 1. The van der Waals surface area contributed by atoms with E-state index >= 15 is 0 Å². The number of unbranched alkanes of at least 4 members (excludes halogenated alkanes) is 8. The summed E-state index contributed by atoms with van der Waals surface area (Å²) in [6.45, 7) is 4.11. The summed E-state index contributed by atoms with van der Waals surface area (Å²) < 4.78 is 33.9. The van der Waals surface area contributed by atoms with E-state index in [0.717, 1.165) is 38.5 Å². The van der Waals surface area contributed by atoms with Gasteiger partial charge in [-0.05, 0) is 51.4 Å². The number of phosphoric acid groups is 1. The second kappa shape index (κ2) is 28.9. The average Bonchev–Trinajstić information content (AvgIpc) is 2.99. The number of carbonyl (C=O) groups excluding carboxylic acids is 2. The predicted octanol–water partition coefficient (Wildman–Crippen LogP) is 8.56. The van der Waals surface area contributed by atoms with Crippen LogP contribution in [0.4, 0.5) is 0 Å². The Balaban J connectivity index is 4.64. The Labute approximate surface area is 279 Å². The second-order valence-corrected chi connectivity index (χ2v) is 13.7. The maximum Gasteiger partial charge on any atom is 0.472 e. The fourth-order valence-electron chi connectivity index (χ4n) is 3.91. The van der Waals surface area contributed by atoms with E-state index in [1.54, 1.807) is 0 Å². The highest BCUT2D eigenvalue weighted by Crippen LogP contribution is 2.43. The molecule has 1 N–H and O–H groups in total. The summed E-state index contributed by atoms with van der Waals surface area (Å²) >= 11 is 0. The van der Waals surface area contributed by atoms with Gasteiger partial charge in [-0.2, -0.15) is 0 Å². The Kier molecular flexibility index (Phi) is 27.5. The van der Waals surface area contributed by atoms with Crippen LogP contribution >= 0.6 is 7.82 Å². The average molecular weight is 669 g/mol. The van der Waals surface area contributed by atoms with Crippen LogP contribution in [0.2, 0.25) is 0 Å². The third kappa shape index (κ3) is 31.7. The molecule has 0 heterocycles. The highest BCUT2D eigenvalue weighted by Gasteiger charge is 2.27. The molecule has 46 heavy (non-hydrogen) atoms. The van der Waals surface area contributed by atoms with E-state index in [1.807, 2.05) is 57.6 Å². The second-order valence-electron chi connectivity index (χ2n) is 12.3. The van der Waals surface area contributed by atoms with Gasteiger partial charge in [0.2, 0.25) is 0 Å². The molecule has 10 heteroatoms. The van der Waals surface area contributed by atoms with Crippen molar-refractivity contribution < 1.29 is 42.1 Å². The molecule has 0 aliphatic heterocycles. The van der Waals surface area contributed by atoms with Crippen LogP contribution in [0.1, 0.15) is 104 Å². The van der Waals surface area contributed by atoms with Crippen LogP contribution < -0.4 is 0 Å². The van der Waals surface area contributed by atoms with Crippen molar-refractivity contribution in [3.63, 3.8) is 0 Å². The maximum absolute atomic E-state index is 12.5. The number of quaternary nitrogens is 1. The zero-order valence-electron chi connectivity index (χ0n) is 29.3. The largest absolute Gasteiger partial charge is 0.472 e. The molecule has 0 radical (unpaired) electrons. The maximum atomic E-state index is 12.5. The standard InChI is InChI=1S/C36H62NO8P/c1-6-8-10-12-14-16-17-18-19-21-23-25-27-29-36(39)45-34(33-44-46(40,41)43-31-30-37(3,4)5)32-42-35(38)28-26-24-22-20-15-13-11-9-7-2/h8,10,12,14,16-20,22,34H,6-7,9,11,13,15,21,23-33H2,1-5H3/p+1/b10-8+,14-12+,17-16+,19-18+,22-20+. The topological polar surface area (TPSA) is 108 Å². The van der Waals surface area contributed by atoms with Crippen LogP contribution in [0.5, 0.6) is 0 Å². The molecule has 264 valence electrons. The summed E-state index contributed by atoms with van der Waals surface area (Å²) in [5.41, 5.74) is 0. The van der Waals surface area contributed by atoms with Gasteiger partial charge in [-0.3, -0.25) is 18.6 Å². The number of likely N-dealkylation sites (N-methyl/N-ethyl adjacent to an activating group) is 1. The van der Waals surface area contributed by atoms with Crippen molar-refractivity contribution in [2.45, 2.75) is 110 Å². The molecule has 0 saturated carbocycles. The van der Waals surface area contributed by atoms with Crippen LogP contribution in [0, 0.1) is 0 Å². The molecular formula is C36H63NO8P+. The van der Waals surface area contributed by atoms with Gasteiger partial charge in [0.1, 0.15) is 19.8 Å². The molecule has 0 fully saturated rings. The van der Waals surface area contributed by atoms with Crippen LogP contribution in [-0.4, -0.2) is 74.9 Å². The van der Waals surface area contributed by atoms with Crippen molar-refractivity contribution in [2.75, 3.05) is 47.5 Å². The molecular weight excluding hydrogens is 605 g/mol. The van der Waals surface area contributed by atoms with Gasteiger partial charge in [-0.15, -0.1) is 0 Å². The van der Waals surface area contributed by atoms with Crippen molar-refractivity contribution >= 4 is 19.8 Å². The van der Waals surface area contributed by atoms with E-state index in [9.17, 15) is 19.0 Å². The quantitative estimate of drug-likeness (QED) is 0.0211. The highest BCUT2D eigenvalue weighted by atomic mass is 31.2. The third-order valence-electron chi connectivity index (χ3n) is 6.63. The molecule has 0 spiro atoms. The Morgan fingerprint density at radius 1 is 0.696 bits per heavy atom. The fourth-order valence-corrected chi connectivity index (χ4v) is 4.65. The molecule has 0 aliphatic rings. The van der Waals surface area contributed by atoms with Crippen molar-refractivity contribution in [3.05, 3.63) is 60.8 Å². The van der Waals surface area contributed by atoms with Crippen molar-refractivity contribution in [3.8, 4) is 0 Å². The normalized spacial score (nSPS) is 14.7. The van der Waals surface area contributed by atoms with E-state index < -0.39 is 32.5 Å². The minimum atomic E-state index is -4.38. The van der Waals surface area contributed by atoms with E-state index in [0.29, 0.717) is 23.9 Å². The van der Waals surface area contributed by atoms with E-state index in [2.05, 4.69) is 38.2 Å². The summed E-state index contributed by atoms with van der Waals surface area (Å²) in [5.74, 6) is -0.897. The van der Waals surface area contributed by atoms with Gasteiger partial charge >= 0.3 is 19.8 Å². The predicted molar refractivity (Wildman–Crippen MR) is 187 cm³/mol. The molecule has 2 unspecified atom stereocenters. The molecule has 0 aliphatic carbocycles. The molecule has 9 nitrogen and oxygen atoms in total. The summed E-state index contributed by atoms with van der Waals surface area (Å²) in [6, 6.07) is 0. The summed E-state index contributed by atoms with van der Waals surface area (Å²) in [7, 11) is 1.42. The number of rotatable bonds is 29. The molecule has 0 rings (SSSR count). The van der Waals surface area contributed by atoms with Gasteiger partial charge in [-0.1, -0.05) is 100 Å². The Morgan fingerprint density at radius 2 is 1.28 bits per heavy atom. The molecule has 0 aromatic carbocycles. The number of hydrogen-bond donors (Lipinski definition) is 1. The molecule has 0 amide bonds. The molecule has 0 bridgehead atoms. The van der Waals surface area contributed by atoms with Crippen LogP contribution in [0.15, 0.2) is 60.8 Å². The van der Waals surface area contributed by atoms with Gasteiger partial charge in [0.05, 0.1) is 27.7 Å². The SMILES string of the molecule is CC/C=C/C=C/C=C/C=C/CCCCCC(=O)OC(COC(=O)CCC/C=C/CCCCCC)COP(=O)(O)OCC[N+](C)(C)C. The first-order chi connectivity index (χ1) is 22.0. The number of allylic oxidation sites excluding steroid dienone is 10. The van der Waals surface area contributed by atoms with Crippen molar-refractivity contribution in [1.29, 1.82) is 0 Å². The lowest BCUT2D eigenvalue weighted by molar-refractivity contribution is -0.870. The highest BCUT2D eigenvalue weighted by molar-refractivity contribution is 7.47. The zero-order chi connectivity index (χ0) is 34.4. The Hall–Kier alpha value is -2.29. The van der Waals surface area contributed by atoms with Crippen LogP contribution in [0.25, 0.3) is 0 Å². The van der Waals surface area contributed by atoms with Crippen LogP contribution in [0.3, 0.4) is 0 Å². The lowest BCUT2D eigenvalue weighted by Gasteiger charge is -2.24. The summed E-state index contributed by atoms with van der Waals surface area (Å²) in [6.07, 6.45) is 31.5. The van der Waals surface area contributed by atoms with Crippen molar-refractivity contribution in [2.24, 2.45) is 0 Å². The monoisotopic (exact) mass is 668 g/mol. The van der Waals surface area contributed by atoms with Gasteiger partial charge in [0, 0.05) is 12.8 Å². The smallest absolute Gasteiger partial charge is 0.462 e. The number of esters is 2. The lowest BCUT2D eigenvalue weighted by atomic mass is 10.1. The minimum Gasteiger partial charge on any atom is -0.462 e. The molecule has 0 aromatic heterocycles. The molecule has 0 aromatic rings. The Bertz CT molecular complexity index is 981. The zero-order valence-corrected chi connectivity index (χ0v) is 30.2. The molecule has 0 saturated heterocycles. The molecule has 2 atom stereocenters. The third-order valence-corrected chi connectivity index (χ3v) is 7.61. The lowest BCUT2D eigenvalue weighted by Crippen LogP contribution is -2.37. The van der Waals surface area contributed by atoms with Crippen molar-refractivity contribution in [1.82, 2.24) is 0 Å². The van der Waals surface area contributed by atoms with Crippen LogP contribution in [-0.2, 0) is 32.7 Å². The fraction of sp³-hybridized carbons (Fsp3) is 0.667. The van der Waals surface area contributed by atoms with Gasteiger partial charge in [-0.25, -0.2) is 4.57 Å². The van der Waals surface area contributed by atoms with Gasteiger partial charge < -0.3 is 18.9 Å². The Morgan fingerprint density at radius 3 is 1.93 bits per heavy atom. The van der Waals surface area contributed by atoms with Gasteiger partial charge in [0.15, 0.2) is 6.10 Å². The van der Waals surface area contributed by atoms with E-state index in [-0.39, 0.29) is 26.1 Å². The number of carbonyl (C=O) groups is 2. The number of ether oxygens (including phenoxy) is 2. The van der Waals surface area contributed by atoms with E-state index in [4.69, 9.17) is 18.5 Å². The van der Waals surface area contributed by atoms with E-state index in [1.165, 1.54) is 25.7 Å². The first-order valence-electron chi connectivity index (χ1n) is 17.1. The van der Waals surface area contributed by atoms with Gasteiger partial charge in [0.25, 0.3) is 0 Å². The number of hydrogen-bond acceptors (Lipinski definition) is 7. The first-order valence-corrected chi connectivity index (χ1v) is 18.6. The first kappa shape index (κ1) is 43.7.